The van der Waals surface area contributed by atoms with Crippen molar-refractivity contribution in [3.8, 4) is 11.8 Å². The molecule has 0 saturated carbocycles. The Morgan fingerprint density at radius 2 is 2.15 bits per heavy atom. The summed E-state index contributed by atoms with van der Waals surface area (Å²) in [7, 11) is -0.955. The van der Waals surface area contributed by atoms with Crippen LogP contribution in [-0.4, -0.2) is 32.5 Å². The highest BCUT2D eigenvalue weighted by molar-refractivity contribution is 7.85. The zero-order valence-corrected chi connectivity index (χ0v) is 16.4. The molecule has 1 aromatic heterocycles. The lowest BCUT2D eigenvalue weighted by molar-refractivity contribution is 0.0526. The van der Waals surface area contributed by atoms with Gasteiger partial charge in [0, 0.05) is 22.4 Å². The number of fused-ring (bicyclic) bond motifs is 1. The van der Waals surface area contributed by atoms with Crippen LogP contribution >= 0.6 is 0 Å². The minimum Gasteiger partial charge on any atom is -0.462 e. The number of rotatable bonds is 2. The van der Waals surface area contributed by atoms with Gasteiger partial charge in [0.25, 0.3) is 0 Å². The number of hydrogen-bond acceptors (Lipinski definition) is 6. The van der Waals surface area contributed by atoms with Gasteiger partial charge in [-0.25, -0.2) is 14.8 Å². The molecular weight excluding hydrogens is 362 g/mol. The number of anilines is 1. The van der Waals surface area contributed by atoms with Crippen molar-refractivity contribution in [3.05, 3.63) is 46.9 Å². The zero-order chi connectivity index (χ0) is 19.6. The van der Waals surface area contributed by atoms with E-state index in [1.165, 1.54) is 6.20 Å². The van der Waals surface area contributed by atoms with Crippen molar-refractivity contribution < 1.29 is 13.7 Å². The van der Waals surface area contributed by atoms with Crippen LogP contribution in [0.3, 0.4) is 0 Å². The number of esters is 1. The van der Waals surface area contributed by atoms with Gasteiger partial charge in [-0.05, 0) is 48.4 Å². The minimum atomic E-state index is -0.955. The highest BCUT2D eigenvalue weighted by atomic mass is 32.2. The Kier molecular flexibility index (Phi) is 5.29. The topological polar surface area (TPSA) is 95.2 Å². The molecule has 0 radical (unpaired) electrons. The van der Waals surface area contributed by atoms with Gasteiger partial charge in [-0.15, -0.1) is 0 Å². The second-order valence-electron chi connectivity index (χ2n) is 6.86. The summed E-state index contributed by atoms with van der Waals surface area (Å²) in [6.07, 6.45) is 2.20. The Morgan fingerprint density at radius 1 is 1.37 bits per heavy atom. The van der Waals surface area contributed by atoms with Crippen molar-refractivity contribution in [2.45, 2.75) is 37.5 Å². The first-order chi connectivity index (χ1) is 12.8. The molecule has 6 nitrogen and oxygen atoms in total. The van der Waals surface area contributed by atoms with Crippen molar-refractivity contribution in [2.75, 3.05) is 18.1 Å². The van der Waals surface area contributed by atoms with Crippen LogP contribution in [0, 0.1) is 11.8 Å². The number of nitrogens with two attached hydrogens (primary N) is 1. The lowest BCUT2D eigenvalue weighted by Gasteiger charge is -2.31. The summed E-state index contributed by atoms with van der Waals surface area (Å²) < 4.78 is 17.1. The molecule has 2 N–H and O–H groups in total. The summed E-state index contributed by atoms with van der Waals surface area (Å²) in [5, 5.41) is 0. The van der Waals surface area contributed by atoms with E-state index < -0.39 is 16.8 Å². The second kappa shape index (κ2) is 7.49. The fraction of sp³-hybridized carbons (Fsp3) is 0.350. The van der Waals surface area contributed by atoms with E-state index in [2.05, 4.69) is 35.7 Å². The summed E-state index contributed by atoms with van der Waals surface area (Å²) in [6.45, 7) is 6.26. The second-order valence-corrected chi connectivity index (χ2v) is 8.40. The molecule has 27 heavy (non-hydrogen) atoms. The van der Waals surface area contributed by atoms with Gasteiger partial charge in [0.05, 0.1) is 17.4 Å². The number of carbonyl (C=O) groups excluding carboxylic acids is 1. The molecule has 1 aromatic carbocycles. The Bertz CT molecular complexity index is 990. The minimum absolute atomic E-state index is 0.0368. The highest BCUT2D eigenvalue weighted by Crippen LogP contribution is 2.37. The van der Waals surface area contributed by atoms with Crippen LogP contribution in [0.15, 0.2) is 29.3 Å². The van der Waals surface area contributed by atoms with Crippen LogP contribution in [-0.2, 0) is 21.0 Å². The van der Waals surface area contributed by atoms with Crippen molar-refractivity contribution in [3.63, 3.8) is 0 Å². The summed E-state index contributed by atoms with van der Waals surface area (Å²) in [5.74, 6) is 6.27. The van der Waals surface area contributed by atoms with Crippen LogP contribution in [0.5, 0.6) is 0 Å². The molecule has 2 aromatic rings. The summed E-state index contributed by atoms with van der Waals surface area (Å²) in [5.41, 5.74) is 7.75. The molecule has 140 valence electrons. The van der Waals surface area contributed by atoms with Gasteiger partial charge in [-0.3, -0.25) is 4.21 Å². The molecule has 0 bridgehead atoms. The van der Waals surface area contributed by atoms with E-state index in [1.807, 2.05) is 18.2 Å². The molecule has 0 saturated heterocycles. The first-order valence-electron chi connectivity index (χ1n) is 8.66. The van der Waals surface area contributed by atoms with Crippen LogP contribution in [0.2, 0.25) is 0 Å². The molecule has 0 amide bonds. The van der Waals surface area contributed by atoms with E-state index in [4.69, 9.17) is 10.5 Å². The largest absolute Gasteiger partial charge is 0.462 e. The van der Waals surface area contributed by atoms with Crippen LogP contribution in [0.1, 0.15) is 54.5 Å². The van der Waals surface area contributed by atoms with E-state index in [0.717, 1.165) is 22.4 Å². The van der Waals surface area contributed by atoms with Gasteiger partial charge in [0.15, 0.2) is 0 Å². The third kappa shape index (κ3) is 4.01. The summed E-state index contributed by atoms with van der Waals surface area (Å²) >= 11 is 0. The molecule has 0 fully saturated rings. The average molecular weight is 383 g/mol. The molecule has 1 atom stereocenters. The van der Waals surface area contributed by atoms with E-state index in [0.29, 0.717) is 5.75 Å². The SMILES string of the molecule is CCOC(=O)c1cnc(C#Cc2ccc3c(c2)C(C)(C)CCS3=O)nc1N. The van der Waals surface area contributed by atoms with Gasteiger partial charge in [-0.2, -0.15) is 0 Å². The number of benzene rings is 1. The molecule has 7 heteroatoms. The maximum Gasteiger partial charge on any atom is 0.343 e. The first kappa shape index (κ1) is 19.1. The molecule has 0 spiro atoms. The molecule has 1 aliphatic rings. The fourth-order valence-electron chi connectivity index (χ4n) is 2.88. The highest BCUT2D eigenvalue weighted by Gasteiger charge is 2.31. The monoisotopic (exact) mass is 383 g/mol. The number of aromatic nitrogens is 2. The lowest BCUT2D eigenvalue weighted by Crippen LogP contribution is -2.27. The maximum absolute atomic E-state index is 12.2. The summed E-state index contributed by atoms with van der Waals surface area (Å²) in [6, 6.07) is 5.71. The Labute approximate surface area is 161 Å². The first-order valence-corrected chi connectivity index (χ1v) is 9.98. The number of nitrogens with zero attached hydrogens (tertiary/aromatic N) is 2. The third-order valence-electron chi connectivity index (χ3n) is 4.50. The van der Waals surface area contributed by atoms with Crippen LogP contribution in [0.25, 0.3) is 0 Å². The predicted octanol–water partition coefficient (Wildman–Crippen LogP) is 2.42. The average Bonchev–Trinajstić information content (AvgIpc) is 2.63. The van der Waals surface area contributed by atoms with Crippen molar-refractivity contribution in [2.24, 2.45) is 0 Å². The molecule has 1 aliphatic heterocycles. The fourth-order valence-corrected chi connectivity index (χ4v) is 4.59. The molecule has 0 aliphatic carbocycles. The van der Waals surface area contributed by atoms with Gasteiger partial charge in [0.1, 0.15) is 11.4 Å². The number of hydrogen-bond donors (Lipinski definition) is 1. The van der Waals surface area contributed by atoms with Gasteiger partial charge >= 0.3 is 5.97 Å². The van der Waals surface area contributed by atoms with E-state index >= 15 is 0 Å². The van der Waals surface area contributed by atoms with Crippen LogP contribution < -0.4 is 5.73 Å². The molecule has 2 heterocycles. The number of nitrogen functional groups attached to an aromatic ring is 1. The van der Waals surface area contributed by atoms with Gasteiger partial charge < -0.3 is 10.5 Å². The molecule has 1 unspecified atom stereocenters. The Balaban J connectivity index is 1.90. The zero-order valence-electron chi connectivity index (χ0n) is 15.5. The molecule has 3 rings (SSSR count). The molecular formula is C20H21N3O3S. The van der Waals surface area contributed by atoms with Crippen molar-refractivity contribution >= 4 is 22.6 Å². The standard InChI is InChI=1S/C20H21N3O3S/c1-4-26-19(24)14-12-22-17(23-18(14)21)8-6-13-5-7-16-15(11-13)20(2,3)9-10-27(16)25/h5,7,11-12H,4,9-10H2,1-3H3,(H2,21,22,23). The number of carbonyl (C=O) groups is 1. The van der Waals surface area contributed by atoms with Crippen molar-refractivity contribution in [1.29, 1.82) is 0 Å². The third-order valence-corrected chi connectivity index (χ3v) is 5.92. The number of ether oxygens (including phenoxy) is 1. The Hall–Kier alpha value is -2.72. The normalized spacial score (nSPS) is 17.4. The van der Waals surface area contributed by atoms with E-state index in [9.17, 15) is 9.00 Å². The van der Waals surface area contributed by atoms with Gasteiger partial charge in [0.2, 0.25) is 5.82 Å². The van der Waals surface area contributed by atoms with Crippen molar-refractivity contribution in [1.82, 2.24) is 9.97 Å². The Morgan fingerprint density at radius 3 is 2.85 bits per heavy atom. The van der Waals surface area contributed by atoms with Crippen LogP contribution in [0.4, 0.5) is 5.82 Å². The predicted molar refractivity (Wildman–Crippen MR) is 104 cm³/mol. The maximum atomic E-state index is 12.2. The lowest BCUT2D eigenvalue weighted by atomic mass is 9.81. The van der Waals surface area contributed by atoms with E-state index in [-0.39, 0.29) is 29.2 Å². The van der Waals surface area contributed by atoms with Gasteiger partial charge in [-0.1, -0.05) is 19.8 Å². The summed E-state index contributed by atoms with van der Waals surface area (Å²) in [4.78, 5) is 20.8. The quantitative estimate of drug-likeness (QED) is 0.632. The smallest absolute Gasteiger partial charge is 0.343 e. The van der Waals surface area contributed by atoms with E-state index in [1.54, 1.807) is 6.92 Å².